The van der Waals surface area contributed by atoms with Crippen LogP contribution in [0.4, 0.5) is 0 Å². The molecule has 1 aromatic heterocycles. The van der Waals surface area contributed by atoms with Crippen molar-refractivity contribution >= 4 is 17.3 Å². The molecule has 1 fully saturated rings. The van der Waals surface area contributed by atoms with Crippen LogP contribution in [0.1, 0.15) is 34.8 Å². The molecule has 1 aliphatic rings. The van der Waals surface area contributed by atoms with Crippen LogP contribution in [0.5, 0.6) is 0 Å². The van der Waals surface area contributed by atoms with E-state index in [1.807, 2.05) is 20.2 Å². The summed E-state index contributed by atoms with van der Waals surface area (Å²) >= 11 is 1.74. The van der Waals surface area contributed by atoms with Gasteiger partial charge in [0.2, 0.25) is 0 Å². The van der Waals surface area contributed by atoms with Gasteiger partial charge >= 0.3 is 0 Å². The van der Waals surface area contributed by atoms with Gasteiger partial charge in [-0.1, -0.05) is 37.3 Å². The zero-order valence-electron chi connectivity index (χ0n) is 16.0. The molecule has 1 unspecified atom stereocenters. The Morgan fingerprint density at radius 2 is 1.96 bits per heavy atom. The molecule has 2 heterocycles. The van der Waals surface area contributed by atoms with Crippen LogP contribution >= 0.6 is 11.3 Å². The summed E-state index contributed by atoms with van der Waals surface area (Å²) in [5.74, 6) is 0.989. The number of aryl methyl sites for hydroxylation is 1. The van der Waals surface area contributed by atoms with Gasteiger partial charge in [-0.2, -0.15) is 0 Å². The summed E-state index contributed by atoms with van der Waals surface area (Å²) in [4.78, 5) is 15.0. The van der Waals surface area contributed by atoms with E-state index < -0.39 is 0 Å². The molecule has 0 amide bonds. The molecule has 5 nitrogen and oxygen atoms in total. The van der Waals surface area contributed by atoms with E-state index in [0.29, 0.717) is 6.04 Å². The zero-order chi connectivity index (χ0) is 18.4. The highest BCUT2D eigenvalue weighted by Gasteiger charge is 2.25. The Hall–Kier alpha value is -1.92. The maximum absolute atomic E-state index is 4.48. The summed E-state index contributed by atoms with van der Waals surface area (Å²) < 4.78 is 0. The monoisotopic (exact) mass is 371 g/mol. The maximum Gasteiger partial charge on any atom is 0.194 e. The van der Waals surface area contributed by atoms with Crippen molar-refractivity contribution in [1.82, 2.24) is 20.1 Å². The fourth-order valence-electron chi connectivity index (χ4n) is 3.61. The van der Waals surface area contributed by atoms with Crippen molar-refractivity contribution in [2.45, 2.75) is 32.9 Å². The topological polar surface area (TPSA) is 43.8 Å². The molecule has 6 heteroatoms. The average Bonchev–Trinajstić information content (AvgIpc) is 3.10. The summed E-state index contributed by atoms with van der Waals surface area (Å²) in [7, 11) is 1.87. The van der Waals surface area contributed by atoms with Gasteiger partial charge in [0.15, 0.2) is 5.96 Å². The van der Waals surface area contributed by atoms with Crippen molar-refractivity contribution in [2.24, 2.45) is 4.99 Å². The highest BCUT2D eigenvalue weighted by atomic mass is 32.1. The first-order chi connectivity index (χ1) is 12.7. The van der Waals surface area contributed by atoms with Gasteiger partial charge in [0.05, 0.1) is 11.6 Å². The molecule has 0 aliphatic carbocycles. The average molecular weight is 372 g/mol. The lowest BCUT2D eigenvalue weighted by atomic mass is 10.0. The Morgan fingerprint density at radius 1 is 1.23 bits per heavy atom. The number of nitrogens with one attached hydrogen (secondary N) is 1. The predicted molar refractivity (Wildman–Crippen MR) is 110 cm³/mol. The van der Waals surface area contributed by atoms with Crippen molar-refractivity contribution in [2.75, 3.05) is 33.2 Å². The number of thiazole rings is 1. The predicted octanol–water partition coefficient (Wildman–Crippen LogP) is 3.30. The highest BCUT2D eigenvalue weighted by Crippen LogP contribution is 2.25. The first-order valence-electron chi connectivity index (χ1n) is 9.37. The van der Waals surface area contributed by atoms with E-state index in [-0.39, 0.29) is 0 Å². The Kier molecular flexibility index (Phi) is 6.63. The number of guanidine groups is 1. The maximum atomic E-state index is 4.48. The fourth-order valence-corrected chi connectivity index (χ4v) is 4.35. The lowest BCUT2D eigenvalue weighted by molar-refractivity contribution is 0.127. The minimum absolute atomic E-state index is 0.508. The largest absolute Gasteiger partial charge is 0.351 e. The molecule has 0 radical (unpaired) electrons. The first kappa shape index (κ1) is 18.9. The highest BCUT2D eigenvalue weighted by molar-refractivity contribution is 7.11. The van der Waals surface area contributed by atoms with Crippen LogP contribution < -0.4 is 5.32 Å². The molecule has 26 heavy (non-hydrogen) atoms. The molecule has 0 spiro atoms. The number of hydrogen-bond acceptors (Lipinski definition) is 4. The van der Waals surface area contributed by atoms with E-state index in [1.165, 1.54) is 10.4 Å². The smallest absolute Gasteiger partial charge is 0.194 e. The second kappa shape index (κ2) is 9.14. The fraction of sp³-hybridized carbons (Fsp3) is 0.500. The molecule has 3 rings (SSSR count). The Labute approximate surface area is 160 Å². The van der Waals surface area contributed by atoms with Crippen molar-refractivity contribution in [3.63, 3.8) is 0 Å². The Morgan fingerprint density at radius 3 is 2.54 bits per heavy atom. The molecule has 1 aromatic carbocycles. The van der Waals surface area contributed by atoms with E-state index in [9.17, 15) is 0 Å². The number of benzene rings is 1. The molecule has 0 saturated carbocycles. The van der Waals surface area contributed by atoms with Crippen molar-refractivity contribution in [3.05, 3.63) is 52.0 Å². The van der Waals surface area contributed by atoms with Crippen molar-refractivity contribution in [3.8, 4) is 0 Å². The summed E-state index contributed by atoms with van der Waals surface area (Å²) in [6.07, 6.45) is 3.09. The normalized spacial score (nSPS) is 17.3. The third-order valence-electron chi connectivity index (χ3n) is 4.93. The molecular weight excluding hydrogens is 342 g/mol. The number of aliphatic imine (C=N–C) groups is 1. The Balaban J connectivity index is 1.54. The van der Waals surface area contributed by atoms with Crippen molar-refractivity contribution in [1.29, 1.82) is 0 Å². The van der Waals surface area contributed by atoms with E-state index in [0.717, 1.165) is 50.1 Å². The quantitative estimate of drug-likeness (QED) is 0.647. The second-order valence-corrected chi connectivity index (χ2v) is 7.92. The zero-order valence-corrected chi connectivity index (χ0v) is 16.8. The first-order valence-corrected chi connectivity index (χ1v) is 10.2. The molecule has 2 aromatic rings. The third-order valence-corrected chi connectivity index (χ3v) is 5.84. The van der Waals surface area contributed by atoms with Crippen LogP contribution in [0, 0.1) is 6.92 Å². The lowest BCUT2D eigenvalue weighted by Crippen LogP contribution is -2.52. The van der Waals surface area contributed by atoms with Crippen molar-refractivity contribution < 1.29 is 0 Å². The molecule has 1 N–H and O–H groups in total. The van der Waals surface area contributed by atoms with Crippen LogP contribution in [0.2, 0.25) is 0 Å². The Bertz CT molecular complexity index is 704. The molecule has 140 valence electrons. The van der Waals surface area contributed by atoms with Gasteiger partial charge in [0.1, 0.15) is 0 Å². The molecule has 0 bridgehead atoms. The summed E-state index contributed by atoms with van der Waals surface area (Å²) in [5.41, 5.74) is 1.42. The van der Waals surface area contributed by atoms with Crippen LogP contribution in [0.15, 0.2) is 41.5 Å². The van der Waals surface area contributed by atoms with E-state index in [1.54, 1.807) is 11.3 Å². The SMILES string of the molecule is CCC(c1ccccc1)N1CCN(C(=NC)NCc2cnc(C)s2)CC1. The van der Waals surface area contributed by atoms with Gasteiger partial charge in [0.25, 0.3) is 0 Å². The van der Waals surface area contributed by atoms with Gasteiger partial charge in [-0.15, -0.1) is 11.3 Å². The van der Waals surface area contributed by atoms with Gasteiger partial charge in [-0.25, -0.2) is 4.98 Å². The van der Waals surface area contributed by atoms with Gasteiger partial charge in [-0.3, -0.25) is 9.89 Å². The number of rotatable bonds is 5. The van der Waals surface area contributed by atoms with Crippen LogP contribution in [0.25, 0.3) is 0 Å². The van der Waals surface area contributed by atoms with Crippen LogP contribution in [-0.2, 0) is 6.54 Å². The van der Waals surface area contributed by atoms with Gasteiger partial charge < -0.3 is 10.2 Å². The second-order valence-electron chi connectivity index (χ2n) is 6.60. The van der Waals surface area contributed by atoms with E-state index in [4.69, 9.17) is 0 Å². The van der Waals surface area contributed by atoms with Crippen LogP contribution in [0.3, 0.4) is 0 Å². The summed E-state index contributed by atoms with van der Waals surface area (Å²) in [6, 6.07) is 11.4. The number of hydrogen-bond donors (Lipinski definition) is 1. The minimum atomic E-state index is 0.508. The standard InChI is InChI=1S/C20H29N5S/c1-4-19(17-8-6-5-7-9-17)24-10-12-25(13-11-24)20(21-3)23-15-18-14-22-16(2)26-18/h5-9,14,19H,4,10-13,15H2,1-3H3,(H,21,23). The number of aromatic nitrogens is 1. The van der Waals surface area contributed by atoms with E-state index >= 15 is 0 Å². The lowest BCUT2D eigenvalue weighted by Gasteiger charge is -2.40. The van der Waals surface area contributed by atoms with E-state index in [2.05, 4.69) is 62.3 Å². The molecule has 1 aliphatic heterocycles. The molecule has 1 saturated heterocycles. The summed E-state index contributed by atoms with van der Waals surface area (Å²) in [6.45, 7) is 9.25. The minimum Gasteiger partial charge on any atom is -0.351 e. The molecular formula is C20H29N5S. The van der Waals surface area contributed by atoms with Crippen LogP contribution in [-0.4, -0.2) is 54.0 Å². The number of nitrogens with zero attached hydrogens (tertiary/aromatic N) is 4. The number of piperazine rings is 1. The molecule has 1 atom stereocenters. The van der Waals surface area contributed by atoms with Gasteiger partial charge in [-0.05, 0) is 18.9 Å². The third kappa shape index (κ3) is 4.62. The van der Waals surface area contributed by atoms with Gasteiger partial charge in [0, 0.05) is 50.3 Å². The summed E-state index contributed by atoms with van der Waals surface area (Å²) in [5, 5.41) is 4.59.